The first-order valence-electron chi connectivity index (χ1n) is 4.41. The minimum absolute atomic E-state index is 0.513. The molecule has 0 saturated carbocycles. The molecule has 0 aromatic rings. The molecule has 1 amide bonds. The smallest absolute Gasteiger partial charge is 0.401 e. The zero-order chi connectivity index (χ0) is 12.8. The van der Waals surface area contributed by atoms with Crippen molar-refractivity contribution in [2.75, 3.05) is 20.2 Å². The lowest BCUT2D eigenvalue weighted by Crippen LogP contribution is -2.44. The van der Waals surface area contributed by atoms with Gasteiger partial charge in [0.05, 0.1) is 20.2 Å². The molecule has 0 heterocycles. The van der Waals surface area contributed by atoms with Crippen LogP contribution in [0, 0.1) is 0 Å². The van der Waals surface area contributed by atoms with Crippen LogP contribution in [0.15, 0.2) is 0 Å². The molecule has 0 bridgehead atoms. The summed E-state index contributed by atoms with van der Waals surface area (Å²) in [5.41, 5.74) is 0. The van der Waals surface area contributed by atoms with Gasteiger partial charge < -0.3 is 15.4 Å². The first-order valence-corrected chi connectivity index (χ1v) is 4.41. The summed E-state index contributed by atoms with van der Waals surface area (Å²) in [5.74, 6) is -1.37. The summed E-state index contributed by atoms with van der Waals surface area (Å²) in [6.07, 6.45) is -4.37. The first-order chi connectivity index (χ1) is 7.26. The number of rotatable bonds is 5. The van der Waals surface area contributed by atoms with E-state index in [0.717, 1.165) is 7.11 Å². The van der Waals surface area contributed by atoms with E-state index >= 15 is 0 Å². The van der Waals surface area contributed by atoms with Gasteiger partial charge in [-0.2, -0.15) is 13.2 Å². The van der Waals surface area contributed by atoms with Gasteiger partial charge in [0.25, 0.3) is 0 Å². The van der Waals surface area contributed by atoms with Crippen molar-refractivity contribution >= 4 is 11.9 Å². The molecular formula is C8H13F3N2O3. The maximum atomic E-state index is 11.7. The van der Waals surface area contributed by atoms with Crippen LogP contribution in [-0.4, -0.2) is 44.3 Å². The molecule has 5 nitrogen and oxygen atoms in total. The highest BCUT2D eigenvalue weighted by Gasteiger charge is 2.26. The van der Waals surface area contributed by atoms with Crippen LogP contribution in [-0.2, 0) is 14.3 Å². The summed E-state index contributed by atoms with van der Waals surface area (Å²) in [7, 11) is 1.15. The minimum atomic E-state index is -4.37. The predicted molar refractivity (Wildman–Crippen MR) is 48.5 cm³/mol. The van der Waals surface area contributed by atoms with E-state index in [0.29, 0.717) is 0 Å². The number of methoxy groups -OCH3 is 1. The molecular weight excluding hydrogens is 229 g/mol. The molecule has 16 heavy (non-hydrogen) atoms. The van der Waals surface area contributed by atoms with Gasteiger partial charge in [0.15, 0.2) is 0 Å². The number of amides is 1. The van der Waals surface area contributed by atoms with E-state index in [1.807, 2.05) is 5.32 Å². The Bertz CT molecular complexity index is 255. The average molecular weight is 242 g/mol. The lowest BCUT2D eigenvalue weighted by atomic mass is 10.3. The fourth-order valence-corrected chi connectivity index (χ4v) is 0.846. The highest BCUT2D eigenvalue weighted by atomic mass is 19.4. The Morgan fingerprint density at radius 1 is 1.38 bits per heavy atom. The molecule has 1 unspecified atom stereocenters. The topological polar surface area (TPSA) is 67.4 Å². The highest BCUT2D eigenvalue weighted by molar-refractivity contribution is 5.85. The van der Waals surface area contributed by atoms with E-state index in [-0.39, 0.29) is 0 Å². The van der Waals surface area contributed by atoms with Crippen molar-refractivity contribution in [1.82, 2.24) is 10.6 Å². The van der Waals surface area contributed by atoms with E-state index in [4.69, 9.17) is 0 Å². The number of halogens is 3. The normalized spacial score (nSPS) is 13.1. The second-order valence-electron chi connectivity index (χ2n) is 3.03. The van der Waals surface area contributed by atoms with Gasteiger partial charge >= 0.3 is 12.1 Å². The van der Waals surface area contributed by atoms with Gasteiger partial charge in [0.1, 0.15) is 6.04 Å². The van der Waals surface area contributed by atoms with Crippen molar-refractivity contribution in [3.05, 3.63) is 0 Å². The fourth-order valence-electron chi connectivity index (χ4n) is 0.846. The average Bonchev–Trinajstić information content (AvgIpc) is 2.14. The molecule has 1 atom stereocenters. The summed E-state index contributed by atoms with van der Waals surface area (Å²) in [5, 5.41) is 4.07. The Labute approximate surface area is 90.3 Å². The largest absolute Gasteiger partial charge is 0.467 e. The lowest BCUT2D eigenvalue weighted by molar-refractivity contribution is -0.144. The Balaban J connectivity index is 3.79. The molecule has 0 rings (SSSR count). The van der Waals surface area contributed by atoms with Crippen LogP contribution in [0.25, 0.3) is 0 Å². The quantitative estimate of drug-likeness (QED) is 0.656. The summed E-state index contributed by atoms with van der Waals surface area (Å²) in [6, 6.07) is -0.884. The number of alkyl halides is 3. The van der Waals surface area contributed by atoms with Gasteiger partial charge in [-0.1, -0.05) is 0 Å². The van der Waals surface area contributed by atoms with E-state index < -0.39 is 37.2 Å². The Morgan fingerprint density at radius 2 is 1.94 bits per heavy atom. The first kappa shape index (κ1) is 14.7. The molecule has 0 aliphatic heterocycles. The zero-order valence-electron chi connectivity index (χ0n) is 8.85. The van der Waals surface area contributed by atoms with Crippen molar-refractivity contribution in [1.29, 1.82) is 0 Å². The molecule has 0 saturated heterocycles. The number of carbonyl (C=O) groups is 2. The zero-order valence-corrected chi connectivity index (χ0v) is 8.85. The fraction of sp³-hybridized carbons (Fsp3) is 0.750. The van der Waals surface area contributed by atoms with E-state index in [1.165, 1.54) is 6.92 Å². The van der Waals surface area contributed by atoms with Crippen LogP contribution >= 0.6 is 0 Å². The minimum Gasteiger partial charge on any atom is -0.467 e. The van der Waals surface area contributed by atoms with Crippen molar-refractivity contribution in [3.8, 4) is 0 Å². The number of hydrogen-bond donors (Lipinski definition) is 2. The summed E-state index contributed by atoms with van der Waals surface area (Å²) < 4.78 is 39.4. The molecule has 0 aliphatic carbocycles. The highest BCUT2D eigenvalue weighted by Crippen LogP contribution is 2.11. The number of hydrogen-bond acceptors (Lipinski definition) is 4. The third-order valence-electron chi connectivity index (χ3n) is 1.54. The summed E-state index contributed by atoms with van der Waals surface area (Å²) in [4.78, 5) is 21.9. The number of nitrogens with one attached hydrogen (secondary N) is 2. The third-order valence-corrected chi connectivity index (χ3v) is 1.54. The molecule has 0 aliphatic rings. The van der Waals surface area contributed by atoms with Crippen molar-refractivity contribution in [2.45, 2.75) is 19.1 Å². The van der Waals surface area contributed by atoms with Crippen LogP contribution in [0.5, 0.6) is 0 Å². The molecule has 0 aromatic heterocycles. The van der Waals surface area contributed by atoms with Crippen molar-refractivity contribution < 1.29 is 27.5 Å². The summed E-state index contributed by atoms with van der Waals surface area (Å²) >= 11 is 0. The van der Waals surface area contributed by atoms with Crippen LogP contribution in [0.2, 0.25) is 0 Å². The van der Waals surface area contributed by atoms with Gasteiger partial charge in [0, 0.05) is 0 Å². The molecule has 0 fully saturated rings. The van der Waals surface area contributed by atoms with Gasteiger partial charge in [-0.05, 0) is 6.92 Å². The van der Waals surface area contributed by atoms with Crippen LogP contribution in [0.4, 0.5) is 13.2 Å². The second kappa shape index (κ2) is 6.31. The summed E-state index contributed by atoms with van der Waals surface area (Å²) in [6.45, 7) is -0.401. The Hall–Kier alpha value is -1.31. The van der Waals surface area contributed by atoms with E-state index in [9.17, 15) is 22.8 Å². The van der Waals surface area contributed by atoms with Gasteiger partial charge in [-0.3, -0.25) is 4.79 Å². The molecule has 2 N–H and O–H groups in total. The maximum Gasteiger partial charge on any atom is 0.401 e. The van der Waals surface area contributed by atoms with E-state index in [2.05, 4.69) is 10.1 Å². The van der Waals surface area contributed by atoms with Crippen LogP contribution < -0.4 is 10.6 Å². The molecule has 94 valence electrons. The molecule has 8 heteroatoms. The lowest BCUT2D eigenvalue weighted by Gasteiger charge is -2.12. The number of esters is 1. The third kappa shape index (κ3) is 7.04. The second-order valence-corrected chi connectivity index (χ2v) is 3.03. The van der Waals surface area contributed by atoms with Crippen molar-refractivity contribution in [2.24, 2.45) is 0 Å². The van der Waals surface area contributed by atoms with Crippen LogP contribution in [0.1, 0.15) is 6.92 Å². The number of carbonyl (C=O) groups excluding carboxylic acids is 2. The molecule has 0 aromatic carbocycles. The van der Waals surface area contributed by atoms with Gasteiger partial charge in [0.2, 0.25) is 5.91 Å². The van der Waals surface area contributed by atoms with Crippen LogP contribution in [0.3, 0.4) is 0 Å². The van der Waals surface area contributed by atoms with Gasteiger partial charge in [-0.15, -0.1) is 0 Å². The monoisotopic (exact) mass is 242 g/mol. The molecule has 0 spiro atoms. The Morgan fingerprint density at radius 3 is 2.38 bits per heavy atom. The maximum absolute atomic E-state index is 11.7. The molecule has 0 radical (unpaired) electrons. The predicted octanol–water partition coefficient (Wildman–Crippen LogP) is -0.184. The standard InChI is InChI=1S/C8H13F3N2O3/c1-5(7(15)16-2)13-6(14)3-12-4-8(9,10)11/h5,12H,3-4H2,1-2H3,(H,13,14). The number of ether oxygens (including phenoxy) is 1. The SMILES string of the molecule is COC(=O)C(C)NC(=O)CNCC(F)(F)F. The van der Waals surface area contributed by atoms with Gasteiger partial charge in [-0.25, -0.2) is 4.79 Å². The van der Waals surface area contributed by atoms with E-state index in [1.54, 1.807) is 0 Å². The Kier molecular flexibility index (Phi) is 5.79. The van der Waals surface area contributed by atoms with Crippen molar-refractivity contribution in [3.63, 3.8) is 0 Å².